The van der Waals surface area contributed by atoms with Gasteiger partial charge in [-0.05, 0) is 12.8 Å². The normalized spacial score (nSPS) is 14.4. The third-order valence-corrected chi connectivity index (χ3v) is 3.93. The molecule has 11 N–H and O–H groups in total. The largest absolute Gasteiger partial charge is 0.481 e. The Morgan fingerprint density at radius 1 is 0.710 bits per heavy atom. The van der Waals surface area contributed by atoms with E-state index in [-0.39, 0.29) is 19.3 Å². The van der Waals surface area contributed by atoms with Gasteiger partial charge in [0.2, 0.25) is 23.6 Å². The Kier molecular flexibility index (Phi) is 12.4. The van der Waals surface area contributed by atoms with Crippen molar-refractivity contribution in [1.29, 1.82) is 0 Å². The van der Waals surface area contributed by atoms with Gasteiger partial charge >= 0.3 is 11.9 Å². The number of carboxylic acid groups (broad SMARTS) is 2. The second-order valence-corrected chi connectivity index (χ2v) is 6.43. The van der Waals surface area contributed by atoms with Crippen molar-refractivity contribution in [3.05, 3.63) is 0 Å². The highest BCUT2D eigenvalue weighted by Crippen LogP contribution is 2.02. The Balaban J connectivity index is 5.21. The molecule has 0 heterocycles. The summed E-state index contributed by atoms with van der Waals surface area (Å²) in [7, 11) is 0. The lowest BCUT2D eigenvalue weighted by atomic mass is 10.1. The first kappa shape index (κ1) is 27.7. The number of carboxylic acids is 2. The van der Waals surface area contributed by atoms with Crippen LogP contribution in [0.15, 0.2) is 0 Å². The zero-order valence-electron chi connectivity index (χ0n) is 16.4. The van der Waals surface area contributed by atoms with Gasteiger partial charge in [0.05, 0.1) is 19.3 Å². The molecule has 0 aromatic carbocycles. The molecular weight excluding hydrogens is 422 g/mol. The Labute approximate surface area is 176 Å². The van der Waals surface area contributed by atoms with Crippen LogP contribution in [0.1, 0.15) is 25.7 Å². The predicted octanol–water partition coefficient (Wildman–Crippen LogP) is -5.03. The van der Waals surface area contributed by atoms with E-state index >= 15 is 0 Å². The van der Waals surface area contributed by atoms with Crippen LogP contribution in [0.2, 0.25) is 0 Å². The van der Waals surface area contributed by atoms with Gasteiger partial charge in [0.25, 0.3) is 0 Å². The lowest BCUT2D eigenvalue weighted by Gasteiger charge is -2.23. The summed E-state index contributed by atoms with van der Waals surface area (Å²) >= 11 is 0. The Morgan fingerprint density at radius 2 is 1.19 bits per heavy atom. The second kappa shape index (κ2) is 13.8. The maximum absolute atomic E-state index is 12.5. The molecule has 0 aliphatic heterocycles. The van der Waals surface area contributed by atoms with E-state index in [1.165, 1.54) is 0 Å². The first-order chi connectivity index (χ1) is 14.4. The van der Waals surface area contributed by atoms with E-state index in [0.717, 1.165) is 0 Å². The number of aliphatic carboxylic acids is 2. The van der Waals surface area contributed by atoms with Crippen molar-refractivity contribution in [1.82, 2.24) is 16.0 Å². The second-order valence-electron chi connectivity index (χ2n) is 6.43. The smallest absolute Gasteiger partial charge is 0.328 e. The van der Waals surface area contributed by atoms with Crippen LogP contribution in [-0.2, 0) is 28.8 Å². The molecule has 0 rings (SSSR count). The van der Waals surface area contributed by atoms with Gasteiger partial charge < -0.3 is 47.8 Å². The summed E-state index contributed by atoms with van der Waals surface area (Å²) < 4.78 is 0. The molecule has 4 unspecified atom stereocenters. The molecule has 0 aliphatic carbocycles. The lowest BCUT2D eigenvalue weighted by Crippen LogP contribution is -2.58. The minimum absolute atomic E-state index is 0.231. The number of carbonyl (C=O) groups excluding carboxylic acids is 4. The summed E-state index contributed by atoms with van der Waals surface area (Å²) in [5, 5.41) is 41.9. The number of rotatable bonds is 15. The molecule has 15 heteroatoms. The standard InChI is InChI=1S/C16H27N5O10/c17-7(1-4-12(25)26)13(27)19-8(2-3-11(18)24)14(28)20-9(5-22)15(29)21-10(6-23)16(30)31/h7-10,22-23H,1-6,17H2,(H2,18,24)(H,19,27)(H,20,28)(H,21,29)(H,25,26)(H,30,31). The van der Waals surface area contributed by atoms with Crippen molar-refractivity contribution in [3.8, 4) is 0 Å². The molecule has 0 saturated carbocycles. The number of nitrogens with two attached hydrogens (primary N) is 2. The van der Waals surface area contributed by atoms with Crippen LogP contribution in [0.4, 0.5) is 0 Å². The molecule has 0 aromatic rings. The van der Waals surface area contributed by atoms with Crippen molar-refractivity contribution in [2.75, 3.05) is 13.2 Å². The number of primary amides is 1. The number of hydrogen-bond acceptors (Lipinski definition) is 9. The Morgan fingerprint density at radius 3 is 1.65 bits per heavy atom. The van der Waals surface area contributed by atoms with Crippen LogP contribution in [0, 0.1) is 0 Å². The minimum Gasteiger partial charge on any atom is -0.481 e. The predicted molar refractivity (Wildman–Crippen MR) is 101 cm³/mol. The molecule has 31 heavy (non-hydrogen) atoms. The van der Waals surface area contributed by atoms with Gasteiger partial charge in [-0.15, -0.1) is 0 Å². The summed E-state index contributed by atoms with van der Waals surface area (Å²) in [5.74, 6) is -6.60. The van der Waals surface area contributed by atoms with Crippen LogP contribution >= 0.6 is 0 Å². The van der Waals surface area contributed by atoms with E-state index in [2.05, 4.69) is 10.6 Å². The van der Waals surface area contributed by atoms with E-state index in [4.69, 9.17) is 26.8 Å². The number of nitrogens with one attached hydrogen (secondary N) is 3. The monoisotopic (exact) mass is 449 g/mol. The molecular formula is C16H27N5O10. The highest BCUT2D eigenvalue weighted by molar-refractivity contribution is 5.94. The van der Waals surface area contributed by atoms with Gasteiger partial charge in [0.15, 0.2) is 0 Å². The van der Waals surface area contributed by atoms with Crippen molar-refractivity contribution in [2.45, 2.75) is 49.9 Å². The molecule has 176 valence electrons. The molecule has 0 spiro atoms. The molecule has 4 atom stereocenters. The minimum atomic E-state index is -1.68. The van der Waals surface area contributed by atoms with Crippen LogP contribution in [0.25, 0.3) is 0 Å². The topological polar surface area (TPSA) is 271 Å². The summed E-state index contributed by atoms with van der Waals surface area (Å²) in [6.45, 7) is -1.90. The first-order valence-corrected chi connectivity index (χ1v) is 9.04. The van der Waals surface area contributed by atoms with Gasteiger partial charge in [0, 0.05) is 12.8 Å². The summed E-state index contributed by atoms with van der Waals surface area (Å²) in [5.41, 5.74) is 10.6. The van der Waals surface area contributed by atoms with E-state index in [1.54, 1.807) is 0 Å². The number of hydrogen-bond donors (Lipinski definition) is 9. The van der Waals surface area contributed by atoms with Crippen LogP contribution in [-0.4, -0.2) is 93.4 Å². The SMILES string of the molecule is NC(=O)CCC(NC(=O)C(N)CCC(=O)O)C(=O)NC(CO)C(=O)NC(CO)C(=O)O. The molecule has 15 nitrogen and oxygen atoms in total. The molecule has 0 saturated heterocycles. The number of aliphatic hydroxyl groups excluding tert-OH is 2. The van der Waals surface area contributed by atoms with Gasteiger partial charge in [-0.2, -0.15) is 0 Å². The Hall–Kier alpha value is -3.30. The van der Waals surface area contributed by atoms with Crippen LogP contribution in [0.3, 0.4) is 0 Å². The van der Waals surface area contributed by atoms with Crippen molar-refractivity contribution < 1.29 is 49.2 Å². The van der Waals surface area contributed by atoms with Crippen molar-refractivity contribution in [2.24, 2.45) is 11.5 Å². The summed E-state index contributed by atoms with van der Waals surface area (Å²) in [6, 6.07) is -6.03. The van der Waals surface area contributed by atoms with E-state index in [9.17, 15) is 33.9 Å². The van der Waals surface area contributed by atoms with Gasteiger partial charge in [0.1, 0.15) is 18.1 Å². The highest BCUT2D eigenvalue weighted by Gasteiger charge is 2.30. The maximum atomic E-state index is 12.5. The Bertz CT molecular complexity index is 686. The molecule has 0 aliphatic rings. The zero-order chi connectivity index (χ0) is 24.1. The van der Waals surface area contributed by atoms with E-state index < -0.39 is 79.4 Å². The van der Waals surface area contributed by atoms with Crippen molar-refractivity contribution in [3.63, 3.8) is 0 Å². The highest BCUT2D eigenvalue weighted by atomic mass is 16.4. The van der Waals surface area contributed by atoms with Gasteiger partial charge in [-0.25, -0.2) is 4.79 Å². The fourth-order valence-electron chi connectivity index (χ4n) is 2.17. The summed E-state index contributed by atoms with van der Waals surface area (Å²) in [4.78, 5) is 69.1. The number of amides is 4. The number of carbonyl (C=O) groups is 6. The average molecular weight is 449 g/mol. The fourth-order valence-corrected chi connectivity index (χ4v) is 2.17. The van der Waals surface area contributed by atoms with Crippen molar-refractivity contribution >= 4 is 35.6 Å². The maximum Gasteiger partial charge on any atom is 0.328 e. The lowest BCUT2D eigenvalue weighted by molar-refractivity contribution is -0.143. The third kappa shape index (κ3) is 10.9. The quantitative estimate of drug-likeness (QED) is 0.114. The first-order valence-electron chi connectivity index (χ1n) is 9.04. The molecule has 4 amide bonds. The van der Waals surface area contributed by atoms with Gasteiger partial charge in [-0.1, -0.05) is 0 Å². The van der Waals surface area contributed by atoms with E-state index in [1.807, 2.05) is 5.32 Å². The average Bonchev–Trinajstić information content (AvgIpc) is 2.70. The zero-order valence-corrected chi connectivity index (χ0v) is 16.4. The van der Waals surface area contributed by atoms with Gasteiger partial charge in [-0.3, -0.25) is 24.0 Å². The van der Waals surface area contributed by atoms with Crippen LogP contribution in [0.5, 0.6) is 0 Å². The van der Waals surface area contributed by atoms with Crippen LogP contribution < -0.4 is 27.4 Å². The number of aliphatic hydroxyl groups is 2. The fraction of sp³-hybridized carbons (Fsp3) is 0.625. The van der Waals surface area contributed by atoms with E-state index in [0.29, 0.717) is 0 Å². The molecule has 0 bridgehead atoms. The third-order valence-electron chi connectivity index (χ3n) is 3.93. The molecule has 0 aromatic heterocycles. The molecule has 0 fully saturated rings. The summed E-state index contributed by atoms with van der Waals surface area (Å²) in [6.07, 6.45) is -1.28. The molecule has 0 radical (unpaired) electrons.